The van der Waals surface area contributed by atoms with Crippen molar-refractivity contribution in [3.8, 4) is 11.5 Å². The van der Waals surface area contributed by atoms with Gasteiger partial charge in [0.1, 0.15) is 39.3 Å². The molecule has 32 heavy (non-hydrogen) atoms. The summed E-state index contributed by atoms with van der Waals surface area (Å²) in [6.07, 6.45) is 2.47. The third-order valence-corrected chi connectivity index (χ3v) is 6.42. The standard InChI is InChI=1S/C28H34N2O2/c1-31-27-15-14-26(21-28(27)32-23-25-11-6-3-7-12-25)22-30-19-17-29(18-20-30)16-8-13-24-9-4-2-5-10-24/h2-7,9-12,14-15,21H,8,13,16-20,22-23H2,1H3/p+2. The highest BCUT2D eigenvalue weighted by Gasteiger charge is 2.23. The van der Waals surface area contributed by atoms with Crippen molar-refractivity contribution in [2.75, 3.05) is 39.8 Å². The summed E-state index contributed by atoms with van der Waals surface area (Å²) in [5, 5.41) is 0. The number of hydrogen-bond donors (Lipinski definition) is 2. The van der Waals surface area contributed by atoms with Crippen molar-refractivity contribution < 1.29 is 19.3 Å². The molecule has 1 saturated heterocycles. The predicted molar refractivity (Wildman–Crippen MR) is 128 cm³/mol. The van der Waals surface area contributed by atoms with Crippen LogP contribution in [0.4, 0.5) is 0 Å². The maximum Gasteiger partial charge on any atom is 0.162 e. The third kappa shape index (κ3) is 6.59. The molecule has 0 aromatic heterocycles. The Bertz CT molecular complexity index is 938. The van der Waals surface area contributed by atoms with E-state index in [4.69, 9.17) is 9.47 Å². The smallest absolute Gasteiger partial charge is 0.162 e. The molecule has 4 rings (SSSR count). The van der Waals surface area contributed by atoms with Crippen LogP contribution in [0, 0.1) is 0 Å². The van der Waals surface area contributed by atoms with Crippen LogP contribution in [0.5, 0.6) is 11.5 Å². The van der Waals surface area contributed by atoms with Gasteiger partial charge in [-0.05, 0) is 35.7 Å². The largest absolute Gasteiger partial charge is 0.493 e. The van der Waals surface area contributed by atoms with E-state index in [0.717, 1.165) is 23.6 Å². The lowest BCUT2D eigenvalue weighted by Crippen LogP contribution is -3.27. The highest BCUT2D eigenvalue weighted by Crippen LogP contribution is 2.28. The van der Waals surface area contributed by atoms with E-state index in [1.807, 2.05) is 24.3 Å². The summed E-state index contributed by atoms with van der Waals surface area (Å²) in [6, 6.07) is 27.5. The van der Waals surface area contributed by atoms with Crippen LogP contribution in [-0.2, 0) is 19.6 Å². The summed E-state index contributed by atoms with van der Waals surface area (Å²) >= 11 is 0. The maximum atomic E-state index is 6.10. The van der Waals surface area contributed by atoms with E-state index in [0.29, 0.717) is 6.61 Å². The summed E-state index contributed by atoms with van der Waals surface area (Å²) in [5.41, 5.74) is 3.94. The second kappa shape index (κ2) is 11.7. The summed E-state index contributed by atoms with van der Waals surface area (Å²) in [4.78, 5) is 3.42. The van der Waals surface area contributed by atoms with Gasteiger partial charge in [0.2, 0.25) is 0 Å². The lowest BCUT2D eigenvalue weighted by Gasteiger charge is -2.30. The first kappa shape index (κ1) is 22.4. The van der Waals surface area contributed by atoms with Gasteiger partial charge in [-0.15, -0.1) is 0 Å². The molecule has 4 heteroatoms. The minimum Gasteiger partial charge on any atom is -0.493 e. The Morgan fingerprint density at radius 3 is 2.03 bits per heavy atom. The van der Waals surface area contributed by atoms with Gasteiger partial charge in [-0.3, -0.25) is 0 Å². The average Bonchev–Trinajstić information content (AvgIpc) is 2.85. The fourth-order valence-electron chi connectivity index (χ4n) is 4.54. The number of benzene rings is 3. The molecule has 3 aromatic rings. The summed E-state index contributed by atoms with van der Waals surface area (Å²) in [5.74, 6) is 1.63. The van der Waals surface area contributed by atoms with Crippen molar-refractivity contribution in [1.29, 1.82) is 0 Å². The molecule has 168 valence electrons. The maximum absolute atomic E-state index is 6.10. The fraction of sp³-hybridized carbons (Fsp3) is 0.357. The molecule has 0 saturated carbocycles. The molecule has 1 aliphatic rings. The first-order chi connectivity index (χ1) is 15.8. The predicted octanol–water partition coefficient (Wildman–Crippen LogP) is 2.19. The van der Waals surface area contributed by atoms with Crippen LogP contribution in [0.15, 0.2) is 78.9 Å². The van der Waals surface area contributed by atoms with Crippen molar-refractivity contribution in [3.05, 3.63) is 95.6 Å². The molecule has 1 fully saturated rings. The molecule has 0 unspecified atom stereocenters. The number of quaternary nitrogens is 2. The number of aryl methyl sites for hydroxylation is 1. The van der Waals surface area contributed by atoms with E-state index >= 15 is 0 Å². The van der Waals surface area contributed by atoms with Crippen LogP contribution >= 0.6 is 0 Å². The molecular formula is C28H36N2O2+2. The van der Waals surface area contributed by atoms with Crippen LogP contribution in [-0.4, -0.2) is 39.8 Å². The minimum absolute atomic E-state index is 0.554. The average molecular weight is 433 g/mol. The van der Waals surface area contributed by atoms with E-state index < -0.39 is 0 Å². The van der Waals surface area contributed by atoms with Crippen LogP contribution in [0.3, 0.4) is 0 Å². The number of piperazine rings is 1. The van der Waals surface area contributed by atoms with Crippen molar-refractivity contribution in [2.45, 2.75) is 26.0 Å². The van der Waals surface area contributed by atoms with Crippen molar-refractivity contribution in [3.63, 3.8) is 0 Å². The monoisotopic (exact) mass is 432 g/mol. The zero-order valence-electron chi connectivity index (χ0n) is 19.2. The van der Waals surface area contributed by atoms with E-state index in [1.54, 1.807) is 16.9 Å². The van der Waals surface area contributed by atoms with Crippen molar-refractivity contribution >= 4 is 0 Å². The van der Waals surface area contributed by atoms with Crippen molar-refractivity contribution in [1.82, 2.24) is 0 Å². The highest BCUT2D eigenvalue weighted by molar-refractivity contribution is 5.43. The topological polar surface area (TPSA) is 27.3 Å². The molecule has 0 spiro atoms. The van der Waals surface area contributed by atoms with E-state index in [9.17, 15) is 0 Å². The molecule has 2 N–H and O–H groups in total. The van der Waals surface area contributed by atoms with Crippen LogP contribution < -0.4 is 19.3 Å². The van der Waals surface area contributed by atoms with Crippen LogP contribution in [0.1, 0.15) is 23.1 Å². The molecule has 3 aromatic carbocycles. The number of hydrogen-bond acceptors (Lipinski definition) is 2. The lowest BCUT2D eigenvalue weighted by molar-refractivity contribution is -1.02. The highest BCUT2D eigenvalue weighted by atomic mass is 16.5. The van der Waals surface area contributed by atoms with Gasteiger partial charge in [0, 0.05) is 12.0 Å². The number of rotatable bonds is 10. The lowest BCUT2D eigenvalue weighted by atomic mass is 10.1. The number of methoxy groups -OCH3 is 1. The van der Waals surface area contributed by atoms with Gasteiger partial charge in [-0.1, -0.05) is 60.7 Å². The van der Waals surface area contributed by atoms with E-state index in [2.05, 4.69) is 54.6 Å². The van der Waals surface area contributed by atoms with Gasteiger partial charge in [-0.2, -0.15) is 0 Å². The third-order valence-electron chi connectivity index (χ3n) is 6.42. The van der Waals surface area contributed by atoms with Crippen LogP contribution in [0.2, 0.25) is 0 Å². The molecule has 0 amide bonds. The Labute approximate surface area is 192 Å². The van der Waals surface area contributed by atoms with Gasteiger partial charge < -0.3 is 19.3 Å². The minimum atomic E-state index is 0.554. The zero-order valence-corrected chi connectivity index (χ0v) is 19.2. The molecule has 0 radical (unpaired) electrons. The van der Waals surface area contributed by atoms with Crippen LogP contribution in [0.25, 0.3) is 0 Å². The molecule has 1 aliphatic heterocycles. The molecular weight excluding hydrogens is 396 g/mol. The Morgan fingerprint density at radius 1 is 0.688 bits per heavy atom. The molecule has 1 heterocycles. The first-order valence-corrected chi connectivity index (χ1v) is 11.8. The van der Waals surface area contributed by atoms with Gasteiger partial charge >= 0.3 is 0 Å². The zero-order chi connectivity index (χ0) is 22.0. The van der Waals surface area contributed by atoms with E-state index in [-0.39, 0.29) is 0 Å². The van der Waals surface area contributed by atoms with E-state index in [1.165, 1.54) is 56.7 Å². The first-order valence-electron chi connectivity index (χ1n) is 11.8. The summed E-state index contributed by atoms with van der Waals surface area (Å²) < 4.78 is 11.6. The van der Waals surface area contributed by atoms with Gasteiger partial charge in [-0.25, -0.2) is 0 Å². The molecule has 0 aliphatic carbocycles. The quantitative estimate of drug-likeness (QED) is 0.514. The normalized spacial score (nSPS) is 18.3. The second-order valence-corrected chi connectivity index (χ2v) is 8.78. The van der Waals surface area contributed by atoms with Gasteiger partial charge in [0.05, 0.1) is 13.7 Å². The number of ether oxygens (including phenoxy) is 2. The molecule has 0 bridgehead atoms. The van der Waals surface area contributed by atoms with Gasteiger partial charge in [0.25, 0.3) is 0 Å². The molecule has 0 atom stereocenters. The Balaban J connectivity index is 1.24. The second-order valence-electron chi connectivity index (χ2n) is 8.78. The fourth-order valence-corrected chi connectivity index (χ4v) is 4.54. The Kier molecular flexibility index (Phi) is 8.18. The molecule has 4 nitrogen and oxygen atoms in total. The number of nitrogens with one attached hydrogen (secondary N) is 2. The summed E-state index contributed by atoms with van der Waals surface area (Å²) in [6.45, 7) is 7.86. The SMILES string of the molecule is COc1ccc(C[NH+]2CC[NH+](CCCc3ccccc3)CC2)cc1OCc1ccccc1. The van der Waals surface area contributed by atoms with Gasteiger partial charge in [0.15, 0.2) is 11.5 Å². The van der Waals surface area contributed by atoms with Crippen molar-refractivity contribution in [2.24, 2.45) is 0 Å². The summed E-state index contributed by atoms with van der Waals surface area (Å²) in [7, 11) is 1.70. The Morgan fingerprint density at radius 2 is 1.34 bits per heavy atom. The Hall–Kier alpha value is -2.82.